The SMILES string of the molecule is NC(Cc1ccc(O)cc1)C(=O)NC(CS)C(=O)NC(CC(=O)O)C(=O)NCC(=O)O. The van der Waals surface area contributed by atoms with Gasteiger partial charge in [0, 0.05) is 5.75 Å². The van der Waals surface area contributed by atoms with Crippen LogP contribution in [0.3, 0.4) is 0 Å². The Kier molecular flexibility index (Phi) is 10.3. The van der Waals surface area contributed by atoms with Gasteiger partial charge in [0.1, 0.15) is 24.4 Å². The van der Waals surface area contributed by atoms with Crippen LogP contribution in [0.25, 0.3) is 0 Å². The van der Waals surface area contributed by atoms with E-state index in [0.717, 1.165) is 0 Å². The van der Waals surface area contributed by atoms with E-state index in [2.05, 4.69) is 23.3 Å². The lowest BCUT2D eigenvalue weighted by Crippen LogP contribution is -2.57. The van der Waals surface area contributed by atoms with E-state index in [4.69, 9.17) is 15.9 Å². The van der Waals surface area contributed by atoms with E-state index in [9.17, 15) is 29.1 Å². The molecule has 3 atom stereocenters. The summed E-state index contributed by atoms with van der Waals surface area (Å²) < 4.78 is 0. The minimum Gasteiger partial charge on any atom is -0.508 e. The van der Waals surface area contributed by atoms with Crippen molar-refractivity contribution in [3.8, 4) is 5.75 Å². The molecule has 1 rings (SSSR count). The second-order valence-electron chi connectivity index (χ2n) is 6.49. The van der Waals surface area contributed by atoms with Gasteiger partial charge in [0.2, 0.25) is 17.7 Å². The molecule has 0 aliphatic rings. The van der Waals surface area contributed by atoms with Gasteiger partial charge in [-0.1, -0.05) is 12.1 Å². The van der Waals surface area contributed by atoms with Crippen LogP contribution in [-0.4, -0.2) is 75.4 Å². The summed E-state index contributed by atoms with van der Waals surface area (Å²) in [6.45, 7) is -0.760. The van der Waals surface area contributed by atoms with E-state index < -0.39 is 60.8 Å². The maximum absolute atomic E-state index is 12.4. The molecular formula is C18H24N4O8S. The van der Waals surface area contributed by atoms with Crippen LogP contribution >= 0.6 is 12.6 Å². The van der Waals surface area contributed by atoms with Crippen LogP contribution in [0.5, 0.6) is 5.75 Å². The third kappa shape index (κ3) is 9.35. The van der Waals surface area contributed by atoms with E-state index in [0.29, 0.717) is 5.56 Å². The first-order valence-electron chi connectivity index (χ1n) is 8.99. The highest BCUT2D eigenvalue weighted by molar-refractivity contribution is 7.80. The Balaban J connectivity index is 2.74. The fourth-order valence-electron chi connectivity index (χ4n) is 2.39. The summed E-state index contributed by atoms with van der Waals surface area (Å²) in [5, 5.41) is 33.3. The number of carbonyl (C=O) groups is 5. The molecule has 0 radical (unpaired) electrons. The summed E-state index contributed by atoms with van der Waals surface area (Å²) in [5.74, 6) is -5.47. The molecule has 13 heteroatoms. The number of benzene rings is 1. The van der Waals surface area contributed by atoms with Gasteiger partial charge < -0.3 is 37.0 Å². The van der Waals surface area contributed by atoms with Crippen LogP contribution in [0, 0.1) is 0 Å². The smallest absolute Gasteiger partial charge is 0.322 e. The Labute approximate surface area is 182 Å². The van der Waals surface area contributed by atoms with E-state index >= 15 is 0 Å². The number of rotatable bonds is 12. The quantitative estimate of drug-likeness (QED) is 0.161. The molecule has 0 aliphatic heterocycles. The number of carbonyl (C=O) groups excluding carboxylic acids is 3. The molecule has 8 N–H and O–H groups in total. The van der Waals surface area contributed by atoms with E-state index in [1.165, 1.54) is 12.1 Å². The molecule has 0 bridgehead atoms. The number of aliphatic carboxylic acids is 2. The second kappa shape index (κ2) is 12.4. The summed E-state index contributed by atoms with van der Waals surface area (Å²) in [4.78, 5) is 58.3. The Bertz CT molecular complexity index is 817. The van der Waals surface area contributed by atoms with Crippen LogP contribution in [0.1, 0.15) is 12.0 Å². The molecule has 1 aromatic rings. The molecule has 12 nitrogen and oxygen atoms in total. The standard InChI is InChI=1S/C18H24N4O8S/c19-11(5-9-1-3-10(23)4-2-9)16(28)22-13(8-31)18(30)21-12(6-14(24)25)17(29)20-7-15(26)27/h1-4,11-13,23,31H,5-8,19H2,(H,20,29)(H,21,30)(H,22,28)(H,24,25)(H,26,27). The third-order valence-corrected chi connectivity index (χ3v) is 4.33. The first-order chi connectivity index (χ1) is 14.5. The second-order valence-corrected chi connectivity index (χ2v) is 6.86. The Morgan fingerprint density at radius 2 is 1.48 bits per heavy atom. The number of carboxylic acids is 2. The van der Waals surface area contributed by atoms with Crippen molar-refractivity contribution in [2.45, 2.75) is 31.0 Å². The highest BCUT2D eigenvalue weighted by atomic mass is 32.1. The number of phenols is 1. The minimum atomic E-state index is -1.56. The van der Waals surface area contributed by atoms with E-state index in [1.54, 1.807) is 12.1 Å². The summed E-state index contributed by atoms with van der Waals surface area (Å²) in [6.07, 6.45) is -0.683. The molecule has 0 heterocycles. The van der Waals surface area contributed by atoms with Gasteiger partial charge >= 0.3 is 11.9 Å². The zero-order valence-electron chi connectivity index (χ0n) is 16.3. The van der Waals surface area contributed by atoms with Crippen molar-refractivity contribution < 1.29 is 39.3 Å². The molecule has 0 saturated heterocycles. The Morgan fingerprint density at radius 1 is 0.903 bits per heavy atom. The van der Waals surface area contributed by atoms with Gasteiger partial charge in [-0.25, -0.2) is 0 Å². The molecule has 0 aromatic heterocycles. The highest BCUT2D eigenvalue weighted by Gasteiger charge is 2.29. The van der Waals surface area contributed by atoms with Crippen molar-refractivity contribution in [3.05, 3.63) is 29.8 Å². The number of amides is 3. The van der Waals surface area contributed by atoms with Crippen LogP contribution in [-0.2, 0) is 30.4 Å². The van der Waals surface area contributed by atoms with E-state index in [1.807, 2.05) is 5.32 Å². The lowest BCUT2D eigenvalue weighted by Gasteiger charge is -2.22. The van der Waals surface area contributed by atoms with Crippen molar-refractivity contribution in [2.75, 3.05) is 12.3 Å². The largest absolute Gasteiger partial charge is 0.508 e. The van der Waals surface area contributed by atoms with Gasteiger partial charge in [-0.15, -0.1) is 0 Å². The van der Waals surface area contributed by atoms with Crippen molar-refractivity contribution in [2.24, 2.45) is 5.73 Å². The molecule has 0 fully saturated rings. The monoisotopic (exact) mass is 456 g/mol. The van der Waals surface area contributed by atoms with Gasteiger partial charge in [-0.05, 0) is 24.1 Å². The fraction of sp³-hybridized carbons (Fsp3) is 0.389. The number of nitrogens with one attached hydrogen (secondary N) is 3. The first-order valence-corrected chi connectivity index (χ1v) is 9.63. The predicted molar refractivity (Wildman–Crippen MR) is 110 cm³/mol. The van der Waals surface area contributed by atoms with Crippen LogP contribution in [0.15, 0.2) is 24.3 Å². The van der Waals surface area contributed by atoms with E-state index in [-0.39, 0.29) is 17.9 Å². The van der Waals surface area contributed by atoms with Gasteiger partial charge in [0.15, 0.2) is 0 Å². The molecule has 0 saturated carbocycles. The third-order valence-electron chi connectivity index (χ3n) is 3.97. The number of thiol groups is 1. The maximum atomic E-state index is 12.4. The summed E-state index contributed by atoms with van der Waals surface area (Å²) >= 11 is 3.98. The molecule has 3 unspecified atom stereocenters. The summed E-state index contributed by atoms with van der Waals surface area (Å²) in [7, 11) is 0. The molecular weight excluding hydrogens is 432 g/mol. The predicted octanol–water partition coefficient (Wildman–Crippen LogP) is -2.16. The molecule has 1 aromatic carbocycles. The first kappa shape index (κ1) is 25.7. The molecule has 3 amide bonds. The maximum Gasteiger partial charge on any atom is 0.322 e. The van der Waals surface area contributed by atoms with Crippen molar-refractivity contribution in [1.82, 2.24) is 16.0 Å². The van der Waals surface area contributed by atoms with Crippen LogP contribution in [0.2, 0.25) is 0 Å². The van der Waals surface area contributed by atoms with Crippen LogP contribution < -0.4 is 21.7 Å². The molecule has 170 valence electrons. The van der Waals surface area contributed by atoms with Crippen molar-refractivity contribution in [1.29, 1.82) is 0 Å². The average Bonchev–Trinajstić information content (AvgIpc) is 2.70. The van der Waals surface area contributed by atoms with Gasteiger partial charge in [0.05, 0.1) is 12.5 Å². The number of hydrogen-bond acceptors (Lipinski definition) is 8. The summed E-state index contributed by atoms with van der Waals surface area (Å²) in [6, 6.07) is 2.20. The molecule has 0 aliphatic carbocycles. The summed E-state index contributed by atoms with van der Waals surface area (Å²) in [5.41, 5.74) is 6.52. The van der Waals surface area contributed by atoms with Gasteiger partial charge in [-0.3, -0.25) is 24.0 Å². The Morgan fingerprint density at radius 3 is 2.00 bits per heavy atom. The highest BCUT2D eigenvalue weighted by Crippen LogP contribution is 2.11. The van der Waals surface area contributed by atoms with Crippen LogP contribution in [0.4, 0.5) is 0 Å². The number of aromatic hydroxyl groups is 1. The molecule has 31 heavy (non-hydrogen) atoms. The van der Waals surface area contributed by atoms with Crippen molar-refractivity contribution in [3.63, 3.8) is 0 Å². The minimum absolute atomic E-state index is 0.0527. The number of carboxylic acid groups (broad SMARTS) is 2. The number of phenolic OH excluding ortho intramolecular Hbond substituents is 1. The number of hydrogen-bond donors (Lipinski definition) is 8. The van der Waals surface area contributed by atoms with Gasteiger partial charge in [-0.2, -0.15) is 12.6 Å². The number of nitrogens with two attached hydrogens (primary N) is 1. The average molecular weight is 456 g/mol. The molecule has 0 spiro atoms. The topological polar surface area (TPSA) is 208 Å². The van der Waals surface area contributed by atoms with Crippen molar-refractivity contribution >= 4 is 42.3 Å². The lowest BCUT2D eigenvalue weighted by molar-refractivity contribution is -0.141. The fourth-order valence-corrected chi connectivity index (χ4v) is 2.65. The zero-order valence-corrected chi connectivity index (χ0v) is 17.2. The zero-order chi connectivity index (χ0) is 23.6. The Hall–Kier alpha value is -3.32. The lowest BCUT2D eigenvalue weighted by atomic mass is 10.1. The van der Waals surface area contributed by atoms with Gasteiger partial charge in [0.25, 0.3) is 0 Å². The normalized spacial score (nSPS) is 13.4.